The summed E-state index contributed by atoms with van der Waals surface area (Å²) in [6, 6.07) is 0. The summed E-state index contributed by atoms with van der Waals surface area (Å²) in [7, 11) is 0. The first-order valence-electron chi connectivity index (χ1n) is 4.56. The molecule has 0 bridgehead atoms. The third-order valence-corrected chi connectivity index (χ3v) is 1.66. The summed E-state index contributed by atoms with van der Waals surface area (Å²) in [5.41, 5.74) is 0. The molecule has 0 heterocycles. The second-order valence-corrected chi connectivity index (χ2v) is 2.76. The van der Waals surface area contributed by atoms with Crippen LogP contribution in [0.1, 0.15) is 52.4 Å². The van der Waals surface area contributed by atoms with Gasteiger partial charge < -0.3 is 24.8 Å². The minimum Gasteiger partial charge on any atom is -1.00 e. The molecule has 0 unspecified atom stereocenters. The fourth-order valence-corrected chi connectivity index (χ4v) is 0.760. The van der Waals surface area contributed by atoms with E-state index in [0.717, 1.165) is 0 Å². The van der Waals surface area contributed by atoms with E-state index in [0.29, 0.717) is 0 Å². The maximum Gasteiger partial charge on any atom is 2.00 e. The van der Waals surface area contributed by atoms with Gasteiger partial charge in [0.2, 0.25) is 0 Å². The van der Waals surface area contributed by atoms with Gasteiger partial charge >= 0.3 is 23.9 Å². The van der Waals surface area contributed by atoms with Gasteiger partial charge in [0.05, 0.1) is 0 Å². The van der Waals surface area contributed by atoms with Gasteiger partial charge in [-0.25, -0.2) is 0 Å². The molecule has 78 valence electrons. The molecule has 0 saturated heterocycles. The molecule has 0 nitrogen and oxygen atoms in total. The Morgan fingerprint density at radius 2 is 1.15 bits per heavy atom. The van der Waals surface area contributed by atoms with Crippen molar-refractivity contribution in [3.8, 4) is 0 Å². The number of unbranched alkanes of at least 4 members (excludes halogenated alkanes) is 1. The Labute approximate surface area is 113 Å². The fraction of sp³-hybridized carbons (Fsp3) is 0.800. The van der Waals surface area contributed by atoms with Crippen LogP contribution >= 0.6 is 0 Å². The first-order chi connectivity index (χ1) is 4.91. The van der Waals surface area contributed by atoms with Crippen molar-refractivity contribution in [2.24, 2.45) is 0 Å². The van der Waals surface area contributed by atoms with Gasteiger partial charge in [-0.15, -0.1) is 0 Å². The van der Waals surface area contributed by atoms with Crippen LogP contribution in [0.3, 0.4) is 0 Å². The van der Waals surface area contributed by atoms with E-state index >= 15 is 0 Å². The number of hydrogen-bond donors (Lipinski definition) is 0. The monoisotopic (exact) mass is 330 g/mol. The average Bonchev–Trinajstić information content (AvgIpc) is 2.08. The molecule has 1 rings (SSSR count). The summed E-state index contributed by atoms with van der Waals surface area (Å²) in [4.78, 5) is 0. The summed E-state index contributed by atoms with van der Waals surface area (Å²) < 4.78 is 0. The molecule has 0 N–H and O–H groups in total. The van der Waals surface area contributed by atoms with Crippen LogP contribution in [0.15, 0.2) is 12.2 Å². The Bertz CT molecular complexity index is 75.0. The van der Waals surface area contributed by atoms with Gasteiger partial charge in [-0.2, -0.15) is 0 Å². The van der Waals surface area contributed by atoms with Crippen molar-refractivity contribution in [1.82, 2.24) is 0 Å². The Kier molecular flexibility index (Phi) is 42.3. The smallest absolute Gasteiger partial charge is 1.00 e. The summed E-state index contributed by atoms with van der Waals surface area (Å²) in [6.07, 6.45) is 12.6. The number of allylic oxidation sites excluding steroid dienone is 2. The van der Waals surface area contributed by atoms with Crippen LogP contribution in [0.5, 0.6) is 0 Å². The molecule has 13 heavy (non-hydrogen) atoms. The van der Waals surface area contributed by atoms with Crippen molar-refractivity contribution < 1.29 is 24.8 Å². The predicted molar refractivity (Wildman–Crippen MR) is 53.9 cm³/mol. The zero-order chi connectivity index (χ0) is 7.66. The normalized spacial score (nSPS) is 12.2. The van der Waals surface area contributed by atoms with E-state index in [1.807, 2.05) is 0 Å². The van der Waals surface area contributed by atoms with Crippen molar-refractivity contribution >= 4 is 23.9 Å². The third-order valence-electron chi connectivity index (χ3n) is 1.66. The third kappa shape index (κ3) is 24.6. The van der Waals surface area contributed by atoms with E-state index in [1.165, 1.54) is 38.5 Å². The van der Waals surface area contributed by atoms with E-state index in [9.17, 15) is 0 Å². The Balaban J connectivity index is -0.0000000536. The Morgan fingerprint density at radius 3 is 1.23 bits per heavy atom. The van der Waals surface area contributed by atoms with Crippen LogP contribution < -0.4 is 24.8 Å². The molecule has 0 amide bonds. The van der Waals surface area contributed by atoms with Gasteiger partial charge in [-0.3, -0.25) is 0 Å². The number of halogens is 2. The average molecular weight is 330 g/mol. The largest absolute Gasteiger partial charge is 2.00 e. The molecule has 1 aliphatic carbocycles. The van der Waals surface area contributed by atoms with Crippen LogP contribution in [-0.2, 0) is 0 Å². The molecular weight excluding hydrogens is 310 g/mol. The van der Waals surface area contributed by atoms with E-state index in [1.54, 1.807) is 0 Å². The summed E-state index contributed by atoms with van der Waals surface area (Å²) in [5, 5.41) is 0. The molecule has 0 fully saturated rings. The quantitative estimate of drug-likeness (QED) is 0.370. The SMILES string of the molecule is C1=CCCCC1.CCCC.[Cl-].[Cl-].[Sn+2]. The Morgan fingerprint density at radius 1 is 0.846 bits per heavy atom. The molecule has 2 radical (unpaired) electrons. The number of hydrogen-bond acceptors (Lipinski definition) is 0. The van der Waals surface area contributed by atoms with E-state index < -0.39 is 0 Å². The van der Waals surface area contributed by atoms with Crippen molar-refractivity contribution in [2.75, 3.05) is 0 Å². The first-order valence-corrected chi connectivity index (χ1v) is 4.56. The molecule has 0 aromatic rings. The second-order valence-electron chi connectivity index (χ2n) is 2.76. The van der Waals surface area contributed by atoms with Gasteiger partial charge in [0.25, 0.3) is 0 Å². The van der Waals surface area contributed by atoms with E-state index in [2.05, 4.69) is 26.0 Å². The van der Waals surface area contributed by atoms with Crippen molar-refractivity contribution in [3.63, 3.8) is 0 Å². The van der Waals surface area contributed by atoms with Crippen LogP contribution in [0.4, 0.5) is 0 Å². The van der Waals surface area contributed by atoms with Gasteiger partial charge in [0.1, 0.15) is 0 Å². The fourth-order valence-electron chi connectivity index (χ4n) is 0.760. The molecule has 0 atom stereocenters. The first kappa shape index (κ1) is 23.7. The zero-order valence-electron chi connectivity index (χ0n) is 8.65. The van der Waals surface area contributed by atoms with E-state index in [4.69, 9.17) is 0 Å². The second kappa shape index (κ2) is 23.2. The molecule has 0 aromatic carbocycles. The molecule has 0 saturated carbocycles. The topological polar surface area (TPSA) is 0 Å². The zero-order valence-corrected chi connectivity index (χ0v) is 13.0. The minimum atomic E-state index is 0. The molecule has 0 aliphatic heterocycles. The maximum atomic E-state index is 2.27. The molecule has 3 heteroatoms. The van der Waals surface area contributed by atoms with Crippen molar-refractivity contribution in [2.45, 2.75) is 52.4 Å². The molecule has 0 spiro atoms. The molecular formula is C10H20Cl2Sn. The van der Waals surface area contributed by atoms with Crippen LogP contribution in [0.2, 0.25) is 0 Å². The van der Waals surface area contributed by atoms with Crippen molar-refractivity contribution in [1.29, 1.82) is 0 Å². The van der Waals surface area contributed by atoms with E-state index in [-0.39, 0.29) is 48.7 Å². The maximum absolute atomic E-state index is 2.27. The summed E-state index contributed by atoms with van der Waals surface area (Å²) >= 11 is 0. The van der Waals surface area contributed by atoms with Gasteiger partial charge in [0, 0.05) is 0 Å². The standard InChI is InChI=1S/C6H10.C4H10.2ClH.Sn/c1-2-4-6-5-3-1;1-3-4-2;;;/h1-2H,3-6H2;3-4H2,1-2H3;2*1H;/q;;;;+2/p-2. The van der Waals surface area contributed by atoms with Crippen LogP contribution in [0, 0.1) is 0 Å². The predicted octanol–water partition coefficient (Wildman–Crippen LogP) is -2.45. The van der Waals surface area contributed by atoms with Crippen LogP contribution in [0.25, 0.3) is 0 Å². The van der Waals surface area contributed by atoms with Gasteiger partial charge in [0.15, 0.2) is 0 Å². The number of rotatable bonds is 1. The van der Waals surface area contributed by atoms with Crippen molar-refractivity contribution in [3.05, 3.63) is 12.2 Å². The summed E-state index contributed by atoms with van der Waals surface area (Å²) in [6.45, 7) is 4.36. The summed E-state index contributed by atoms with van der Waals surface area (Å²) in [5.74, 6) is 0. The molecule has 1 aliphatic rings. The minimum absolute atomic E-state index is 0. The molecule has 0 aromatic heterocycles. The van der Waals surface area contributed by atoms with Gasteiger partial charge in [-0.1, -0.05) is 38.8 Å². The Hall–Kier alpha value is 1.12. The van der Waals surface area contributed by atoms with Gasteiger partial charge in [-0.05, 0) is 25.7 Å². The van der Waals surface area contributed by atoms with Crippen LogP contribution in [-0.4, -0.2) is 23.9 Å².